The van der Waals surface area contributed by atoms with Crippen LogP contribution in [0.4, 0.5) is 11.8 Å². The van der Waals surface area contributed by atoms with Crippen molar-refractivity contribution < 1.29 is 4.79 Å². The Kier molecular flexibility index (Phi) is 4.75. The summed E-state index contributed by atoms with van der Waals surface area (Å²) in [6.07, 6.45) is 3.10. The number of carbonyl (C=O) groups excluding carboxylic acids is 1. The second kappa shape index (κ2) is 7.41. The number of carbonyl (C=O) groups is 1. The number of fused-ring (bicyclic) bond motifs is 1. The van der Waals surface area contributed by atoms with Gasteiger partial charge in [-0.15, -0.1) is 0 Å². The first-order valence-electron chi connectivity index (χ1n) is 10.4. The molecule has 0 spiro atoms. The van der Waals surface area contributed by atoms with Crippen LogP contribution in [-0.2, 0) is 0 Å². The van der Waals surface area contributed by atoms with Crippen molar-refractivity contribution in [3.63, 3.8) is 0 Å². The minimum absolute atomic E-state index is 0.0690. The van der Waals surface area contributed by atoms with Gasteiger partial charge in [0.2, 0.25) is 5.95 Å². The monoisotopic (exact) mass is 463 g/mol. The Morgan fingerprint density at radius 3 is 2.61 bits per heavy atom. The van der Waals surface area contributed by atoms with E-state index in [-0.39, 0.29) is 28.7 Å². The zero-order valence-corrected chi connectivity index (χ0v) is 19.1. The summed E-state index contributed by atoms with van der Waals surface area (Å²) in [6, 6.07) is 10.6. The number of anilines is 2. The number of ketones is 1. The number of para-hydroxylation sites is 1. The summed E-state index contributed by atoms with van der Waals surface area (Å²) in [4.78, 5) is 36.3. The topological polar surface area (TPSA) is 111 Å². The second-order valence-corrected chi connectivity index (χ2v) is 9.24. The molecule has 1 aliphatic rings. The lowest BCUT2D eigenvalue weighted by molar-refractivity contribution is 0.101. The van der Waals surface area contributed by atoms with Crippen molar-refractivity contribution in [2.24, 2.45) is 5.41 Å². The van der Waals surface area contributed by atoms with Crippen LogP contribution in [0.15, 0.2) is 53.6 Å². The highest BCUT2D eigenvalue weighted by Crippen LogP contribution is 2.50. The summed E-state index contributed by atoms with van der Waals surface area (Å²) in [5.41, 5.74) is 6.63. The predicted molar refractivity (Wildman–Crippen MR) is 126 cm³/mol. The molecule has 0 radical (unpaired) electrons. The fourth-order valence-corrected chi connectivity index (χ4v) is 4.74. The Morgan fingerprint density at radius 1 is 1.21 bits per heavy atom. The van der Waals surface area contributed by atoms with Crippen molar-refractivity contribution in [1.29, 1.82) is 0 Å². The van der Waals surface area contributed by atoms with Crippen molar-refractivity contribution in [3.05, 3.63) is 75.6 Å². The fraction of sp³-hybridized carbons (Fsp3) is 0.261. The van der Waals surface area contributed by atoms with E-state index in [9.17, 15) is 9.59 Å². The smallest absolute Gasteiger partial charge is 0.284 e. The molecule has 1 unspecified atom stereocenters. The van der Waals surface area contributed by atoms with Gasteiger partial charge >= 0.3 is 0 Å². The first kappa shape index (κ1) is 21.1. The molecule has 1 aliphatic heterocycles. The maximum Gasteiger partial charge on any atom is 0.284 e. The third-order valence-corrected chi connectivity index (χ3v) is 6.29. The molecule has 1 aromatic carbocycles. The van der Waals surface area contributed by atoms with E-state index in [4.69, 9.17) is 22.4 Å². The highest BCUT2D eigenvalue weighted by Gasteiger charge is 2.51. The molecule has 1 atom stereocenters. The number of hydrogen-bond acceptors (Lipinski definition) is 7. The average molecular weight is 464 g/mol. The predicted octanol–water partition coefficient (Wildman–Crippen LogP) is 3.30. The molecule has 33 heavy (non-hydrogen) atoms. The van der Waals surface area contributed by atoms with E-state index in [0.29, 0.717) is 40.0 Å². The van der Waals surface area contributed by atoms with Gasteiger partial charge in [0, 0.05) is 24.4 Å². The van der Waals surface area contributed by atoms with Crippen LogP contribution in [0.25, 0.3) is 11.2 Å². The molecule has 0 saturated carbocycles. The molecular formula is C23H22ClN7O2. The molecule has 0 amide bonds. The van der Waals surface area contributed by atoms with Gasteiger partial charge in [-0.2, -0.15) is 10.1 Å². The third kappa shape index (κ3) is 3.27. The van der Waals surface area contributed by atoms with Crippen molar-refractivity contribution >= 4 is 34.7 Å². The summed E-state index contributed by atoms with van der Waals surface area (Å²) in [5.74, 6) is 0.835. The lowest BCUT2D eigenvalue weighted by Gasteiger charge is -2.54. The first-order valence-corrected chi connectivity index (χ1v) is 10.8. The van der Waals surface area contributed by atoms with Gasteiger partial charge in [0.15, 0.2) is 11.6 Å². The Balaban J connectivity index is 1.79. The summed E-state index contributed by atoms with van der Waals surface area (Å²) in [5, 5.41) is 5.15. The highest BCUT2D eigenvalue weighted by molar-refractivity contribution is 6.33. The molecule has 3 aromatic heterocycles. The van der Waals surface area contributed by atoms with Gasteiger partial charge in [-0.05, 0) is 25.1 Å². The Hall–Kier alpha value is -3.72. The second-order valence-electron chi connectivity index (χ2n) is 8.83. The zero-order valence-electron chi connectivity index (χ0n) is 18.4. The summed E-state index contributed by atoms with van der Waals surface area (Å²) in [7, 11) is 0. The molecule has 1 fully saturated rings. The van der Waals surface area contributed by atoms with Gasteiger partial charge < -0.3 is 10.6 Å². The van der Waals surface area contributed by atoms with E-state index in [1.54, 1.807) is 16.8 Å². The van der Waals surface area contributed by atoms with Crippen molar-refractivity contribution in [2.75, 3.05) is 17.2 Å². The van der Waals surface area contributed by atoms with Crippen LogP contribution in [0.2, 0.25) is 5.02 Å². The third-order valence-electron chi connectivity index (χ3n) is 5.99. The molecular weight excluding hydrogens is 442 g/mol. The number of halogens is 1. The molecule has 4 heterocycles. The molecule has 9 nitrogen and oxygen atoms in total. The average Bonchev–Trinajstić information content (AvgIpc) is 3.13. The lowest BCUT2D eigenvalue weighted by Crippen LogP contribution is -2.58. The van der Waals surface area contributed by atoms with E-state index in [1.165, 1.54) is 17.6 Å². The van der Waals surface area contributed by atoms with Crippen LogP contribution in [-0.4, -0.2) is 36.5 Å². The van der Waals surface area contributed by atoms with Gasteiger partial charge in [-0.1, -0.05) is 43.6 Å². The highest BCUT2D eigenvalue weighted by atomic mass is 35.5. The first-order chi connectivity index (χ1) is 15.7. The summed E-state index contributed by atoms with van der Waals surface area (Å²) in [6.45, 7) is 6.22. The van der Waals surface area contributed by atoms with Crippen LogP contribution in [0.5, 0.6) is 0 Å². The van der Waals surface area contributed by atoms with Gasteiger partial charge in [0.05, 0.1) is 22.3 Å². The van der Waals surface area contributed by atoms with E-state index < -0.39 is 0 Å². The number of aromatic nitrogens is 5. The summed E-state index contributed by atoms with van der Waals surface area (Å²) < 4.78 is 3.09. The largest absolute Gasteiger partial charge is 0.368 e. The fourth-order valence-electron chi connectivity index (χ4n) is 4.52. The van der Waals surface area contributed by atoms with Gasteiger partial charge in [-0.3, -0.25) is 14.2 Å². The number of nitrogens with zero attached hydrogens (tertiary/aromatic N) is 6. The van der Waals surface area contributed by atoms with Gasteiger partial charge in [0.1, 0.15) is 11.3 Å². The van der Waals surface area contributed by atoms with Crippen LogP contribution in [0.3, 0.4) is 0 Å². The Bertz CT molecular complexity index is 1460. The Labute approximate surface area is 194 Å². The molecule has 1 saturated heterocycles. The van der Waals surface area contributed by atoms with E-state index in [2.05, 4.69) is 23.8 Å². The maximum absolute atomic E-state index is 13.7. The molecule has 2 N–H and O–H groups in total. The minimum Gasteiger partial charge on any atom is -0.368 e. The molecule has 4 aromatic rings. The van der Waals surface area contributed by atoms with Crippen LogP contribution in [0, 0.1) is 5.41 Å². The molecule has 0 bridgehead atoms. The number of nitrogen functional groups attached to an aromatic ring is 1. The van der Waals surface area contributed by atoms with Crippen molar-refractivity contribution in [1.82, 2.24) is 24.1 Å². The number of benzene rings is 1. The van der Waals surface area contributed by atoms with Gasteiger partial charge in [0.25, 0.3) is 5.56 Å². The van der Waals surface area contributed by atoms with E-state index in [0.717, 1.165) is 0 Å². The Morgan fingerprint density at radius 2 is 1.94 bits per heavy atom. The maximum atomic E-state index is 13.7. The molecule has 168 valence electrons. The molecule has 5 rings (SSSR count). The van der Waals surface area contributed by atoms with Crippen LogP contribution in [0.1, 0.15) is 43.0 Å². The van der Waals surface area contributed by atoms with Crippen molar-refractivity contribution in [3.8, 4) is 5.69 Å². The standard InChI is InChI=1S/C23H22ClN7O2/c1-13(32)15-11-26-22(25)27-19(15)29-12-23(2,3)18(29)20-28-30-10-9-16(24)17(30)21(33)31(20)14-7-5-4-6-8-14/h4-11,18H,12H2,1-3H3,(H2,25,26,27). The molecule has 0 aliphatic carbocycles. The number of rotatable bonds is 4. The normalized spacial score (nSPS) is 17.2. The number of nitrogens with two attached hydrogens (primary N) is 1. The van der Waals surface area contributed by atoms with Crippen LogP contribution >= 0.6 is 11.6 Å². The number of hydrogen-bond donors (Lipinski definition) is 1. The minimum atomic E-state index is -0.372. The molecule has 10 heteroatoms. The van der Waals surface area contributed by atoms with Crippen LogP contribution < -0.4 is 16.2 Å². The summed E-state index contributed by atoms with van der Waals surface area (Å²) >= 11 is 6.32. The van der Waals surface area contributed by atoms with E-state index in [1.807, 2.05) is 35.2 Å². The quantitative estimate of drug-likeness (QED) is 0.462. The zero-order chi connectivity index (χ0) is 23.5. The number of Topliss-reactive ketones (excluding diaryl/α,β-unsaturated/α-hetero) is 1. The van der Waals surface area contributed by atoms with Crippen molar-refractivity contribution in [2.45, 2.75) is 26.8 Å². The lowest BCUT2D eigenvalue weighted by atomic mass is 9.74. The van der Waals surface area contributed by atoms with Gasteiger partial charge in [-0.25, -0.2) is 9.50 Å². The SMILES string of the molecule is CC(=O)c1cnc(N)nc1N1CC(C)(C)C1c1nn2ccc(Cl)c2c(=O)n1-c1ccccc1. The van der Waals surface area contributed by atoms with E-state index >= 15 is 0 Å².